The Hall–Kier alpha value is -1.43. The van der Waals surface area contributed by atoms with Gasteiger partial charge in [-0.05, 0) is 25.1 Å². The maximum absolute atomic E-state index is 12.2. The van der Waals surface area contributed by atoms with Gasteiger partial charge >= 0.3 is 0 Å². The third kappa shape index (κ3) is 3.10. The molecular weight excluding hydrogens is 266 g/mol. The van der Waals surface area contributed by atoms with E-state index in [0.717, 1.165) is 19.7 Å². The Balaban J connectivity index is 1.75. The summed E-state index contributed by atoms with van der Waals surface area (Å²) in [5, 5.41) is 3.32. The van der Waals surface area contributed by atoms with Gasteiger partial charge in [-0.3, -0.25) is 10.1 Å². The molecule has 2 unspecified atom stereocenters. The molecule has 0 aromatic heterocycles. The average molecular weight is 289 g/mol. The van der Waals surface area contributed by atoms with Gasteiger partial charge in [-0.2, -0.15) is 0 Å². The highest BCUT2D eigenvalue weighted by atomic mass is 16.5. The standard InChI is InChI=1S/C16H23N3O2/c1-12-5-3-4-6-14(12)16-17-9-15(20)19(16)11-13-10-18(2)7-8-21-13/h3-6,13,16-17H,7-11H2,1-2H3. The van der Waals surface area contributed by atoms with Crippen LogP contribution in [0.25, 0.3) is 0 Å². The Labute approximate surface area is 125 Å². The number of benzene rings is 1. The van der Waals surface area contributed by atoms with Crippen molar-refractivity contribution in [2.24, 2.45) is 0 Å². The molecular formula is C16H23N3O2. The molecule has 0 spiro atoms. The van der Waals surface area contributed by atoms with Crippen molar-refractivity contribution < 1.29 is 9.53 Å². The number of nitrogens with one attached hydrogen (secondary N) is 1. The zero-order valence-corrected chi connectivity index (χ0v) is 12.7. The second-order valence-corrected chi connectivity index (χ2v) is 5.94. The summed E-state index contributed by atoms with van der Waals surface area (Å²) in [7, 11) is 2.10. The molecule has 114 valence electrons. The van der Waals surface area contributed by atoms with E-state index in [0.29, 0.717) is 13.1 Å². The summed E-state index contributed by atoms with van der Waals surface area (Å²) in [6.45, 7) is 5.72. The Bertz CT molecular complexity index is 520. The maximum atomic E-state index is 12.2. The van der Waals surface area contributed by atoms with Crippen molar-refractivity contribution in [3.05, 3.63) is 35.4 Å². The Morgan fingerprint density at radius 2 is 2.19 bits per heavy atom. The van der Waals surface area contributed by atoms with Crippen LogP contribution in [0.4, 0.5) is 0 Å². The van der Waals surface area contributed by atoms with Crippen molar-refractivity contribution in [2.45, 2.75) is 19.2 Å². The molecule has 2 fully saturated rings. The predicted molar refractivity (Wildman–Crippen MR) is 80.9 cm³/mol. The van der Waals surface area contributed by atoms with Crippen molar-refractivity contribution >= 4 is 5.91 Å². The molecule has 0 saturated carbocycles. The summed E-state index contributed by atoms with van der Waals surface area (Å²) in [6, 6.07) is 8.23. The molecule has 1 aromatic rings. The van der Waals surface area contributed by atoms with Crippen LogP contribution in [0.5, 0.6) is 0 Å². The number of aryl methyl sites for hydroxylation is 1. The van der Waals surface area contributed by atoms with Gasteiger partial charge in [-0.1, -0.05) is 24.3 Å². The number of amides is 1. The largest absolute Gasteiger partial charge is 0.374 e. The predicted octanol–water partition coefficient (Wildman–Crippen LogP) is 0.756. The van der Waals surface area contributed by atoms with Gasteiger partial charge in [0.05, 0.1) is 25.8 Å². The fourth-order valence-electron chi connectivity index (χ4n) is 3.12. The Morgan fingerprint density at radius 1 is 1.38 bits per heavy atom. The van der Waals surface area contributed by atoms with E-state index in [1.54, 1.807) is 0 Å². The zero-order chi connectivity index (χ0) is 14.8. The number of carbonyl (C=O) groups is 1. The minimum absolute atomic E-state index is 0.0328. The molecule has 1 aromatic carbocycles. The summed E-state index contributed by atoms with van der Waals surface area (Å²) >= 11 is 0. The molecule has 0 aliphatic carbocycles. The molecule has 5 heteroatoms. The molecule has 2 aliphatic heterocycles. The van der Waals surface area contributed by atoms with Crippen LogP contribution in [0.3, 0.4) is 0 Å². The number of nitrogens with zero attached hydrogens (tertiary/aromatic N) is 2. The Morgan fingerprint density at radius 3 is 2.95 bits per heavy atom. The number of morpholine rings is 1. The van der Waals surface area contributed by atoms with Crippen molar-refractivity contribution in [1.82, 2.24) is 15.1 Å². The Kier molecular flexibility index (Phi) is 4.24. The molecule has 0 bridgehead atoms. The quantitative estimate of drug-likeness (QED) is 0.892. The summed E-state index contributed by atoms with van der Waals surface area (Å²) < 4.78 is 5.81. The van der Waals surface area contributed by atoms with Gasteiger partial charge in [0.2, 0.25) is 5.91 Å². The highest BCUT2D eigenvalue weighted by Gasteiger charge is 2.34. The van der Waals surface area contributed by atoms with Gasteiger partial charge in [-0.15, -0.1) is 0 Å². The second kappa shape index (κ2) is 6.13. The van der Waals surface area contributed by atoms with E-state index in [4.69, 9.17) is 4.74 Å². The lowest BCUT2D eigenvalue weighted by Crippen LogP contribution is -2.47. The lowest BCUT2D eigenvalue weighted by Gasteiger charge is -2.34. The van der Waals surface area contributed by atoms with E-state index in [1.165, 1.54) is 11.1 Å². The number of rotatable bonds is 3. The third-order valence-corrected chi connectivity index (χ3v) is 4.30. The van der Waals surface area contributed by atoms with Gasteiger partial charge in [0.1, 0.15) is 6.17 Å². The molecule has 1 amide bonds. The molecule has 2 heterocycles. The summed E-state index contributed by atoms with van der Waals surface area (Å²) in [6.07, 6.45) is 0.0636. The van der Waals surface area contributed by atoms with Crippen molar-refractivity contribution in [2.75, 3.05) is 39.8 Å². The van der Waals surface area contributed by atoms with Gasteiger partial charge in [-0.25, -0.2) is 0 Å². The SMILES string of the molecule is Cc1ccccc1C1NCC(=O)N1CC1CN(C)CCO1. The van der Waals surface area contributed by atoms with Crippen LogP contribution in [0.2, 0.25) is 0 Å². The third-order valence-electron chi connectivity index (χ3n) is 4.30. The molecule has 21 heavy (non-hydrogen) atoms. The van der Waals surface area contributed by atoms with Crippen LogP contribution in [-0.4, -0.2) is 61.6 Å². The van der Waals surface area contributed by atoms with Crippen LogP contribution in [0.1, 0.15) is 17.3 Å². The first kappa shape index (κ1) is 14.5. The molecule has 2 aliphatic rings. The lowest BCUT2D eigenvalue weighted by atomic mass is 10.1. The van der Waals surface area contributed by atoms with Gasteiger partial charge in [0, 0.05) is 13.1 Å². The van der Waals surface area contributed by atoms with Gasteiger partial charge < -0.3 is 14.5 Å². The van der Waals surface area contributed by atoms with E-state index in [9.17, 15) is 4.79 Å². The van der Waals surface area contributed by atoms with Crippen molar-refractivity contribution in [3.8, 4) is 0 Å². The highest BCUT2D eigenvalue weighted by Crippen LogP contribution is 2.25. The van der Waals surface area contributed by atoms with Crippen LogP contribution in [-0.2, 0) is 9.53 Å². The minimum Gasteiger partial charge on any atom is -0.374 e. The molecule has 1 N–H and O–H groups in total. The van der Waals surface area contributed by atoms with E-state index in [1.807, 2.05) is 17.0 Å². The maximum Gasteiger partial charge on any atom is 0.238 e. The number of hydrogen-bond donors (Lipinski definition) is 1. The first-order chi connectivity index (χ1) is 10.1. The van der Waals surface area contributed by atoms with E-state index in [-0.39, 0.29) is 18.2 Å². The fourth-order valence-corrected chi connectivity index (χ4v) is 3.12. The summed E-state index contributed by atoms with van der Waals surface area (Å²) in [4.78, 5) is 16.4. The zero-order valence-electron chi connectivity index (χ0n) is 12.7. The minimum atomic E-state index is -0.0328. The average Bonchev–Trinajstić information content (AvgIpc) is 2.81. The molecule has 5 nitrogen and oxygen atoms in total. The molecule has 2 saturated heterocycles. The second-order valence-electron chi connectivity index (χ2n) is 5.94. The first-order valence-electron chi connectivity index (χ1n) is 7.53. The van der Waals surface area contributed by atoms with E-state index >= 15 is 0 Å². The number of ether oxygens (including phenoxy) is 1. The monoisotopic (exact) mass is 289 g/mol. The molecule has 2 atom stereocenters. The van der Waals surface area contributed by atoms with Crippen molar-refractivity contribution in [1.29, 1.82) is 0 Å². The van der Waals surface area contributed by atoms with Crippen LogP contribution >= 0.6 is 0 Å². The molecule has 3 rings (SSSR count). The van der Waals surface area contributed by atoms with Crippen LogP contribution in [0.15, 0.2) is 24.3 Å². The normalized spacial score (nSPS) is 27.3. The summed E-state index contributed by atoms with van der Waals surface area (Å²) in [5.41, 5.74) is 2.38. The molecule has 0 radical (unpaired) electrons. The topological polar surface area (TPSA) is 44.8 Å². The fraction of sp³-hybridized carbons (Fsp3) is 0.562. The number of hydrogen-bond acceptors (Lipinski definition) is 4. The van der Waals surface area contributed by atoms with Gasteiger partial charge in [0.15, 0.2) is 0 Å². The van der Waals surface area contributed by atoms with Gasteiger partial charge in [0.25, 0.3) is 0 Å². The summed E-state index contributed by atoms with van der Waals surface area (Å²) in [5.74, 6) is 0.153. The number of likely N-dealkylation sites (N-methyl/N-ethyl adjacent to an activating group) is 1. The lowest BCUT2D eigenvalue weighted by molar-refractivity contribution is -0.131. The number of carbonyl (C=O) groups excluding carboxylic acids is 1. The smallest absolute Gasteiger partial charge is 0.238 e. The van der Waals surface area contributed by atoms with Crippen molar-refractivity contribution in [3.63, 3.8) is 0 Å². The van der Waals surface area contributed by atoms with E-state index < -0.39 is 0 Å². The van der Waals surface area contributed by atoms with Crippen LogP contribution in [0, 0.1) is 6.92 Å². The highest BCUT2D eigenvalue weighted by molar-refractivity contribution is 5.81. The first-order valence-corrected chi connectivity index (χ1v) is 7.53. The van der Waals surface area contributed by atoms with Crippen LogP contribution < -0.4 is 5.32 Å². The van der Waals surface area contributed by atoms with E-state index in [2.05, 4.69) is 36.3 Å².